The Morgan fingerprint density at radius 2 is 1.94 bits per heavy atom. The summed E-state index contributed by atoms with van der Waals surface area (Å²) in [6.07, 6.45) is -0.0569. The van der Waals surface area contributed by atoms with E-state index in [1.165, 1.54) is 0 Å². The molecule has 7 atom stereocenters. The standard InChI is InChI=1S/C25H32O8/c26-17(10-9-16-6-2-1-3-7-16)11-12-18-21(33-23-8-4-5-13-32-23)15-20(27)24(18)19(25(30)31)14-22(28)29/h1-3,6-7,17-21,23-24,26-27H,4-5,8,11-15H2,(H,28,29)(H,30,31). The van der Waals surface area contributed by atoms with Crippen molar-refractivity contribution in [1.29, 1.82) is 0 Å². The normalized spacial score (nSPS) is 29.0. The molecule has 4 N–H and O–H groups in total. The zero-order chi connectivity index (χ0) is 23.8. The van der Waals surface area contributed by atoms with Gasteiger partial charge in [0.2, 0.25) is 0 Å². The van der Waals surface area contributed by atoms with Crippen molar-refractivity contribution in [1.82, 2.24) is 0 Å². The fourth-order valence-electron chi connectivity index (χ4n) is 4.90. The highest BCUT2D eigenvalue weighted by Crippen LogP contribution is 2.44. The lowest BCUT2D eigenvalue weighted by Gasteiger charge is -2.32. The number of aliphatic carboxylic acids is 2. The average Bonchev–Trinajstić information content (AvgIpc) is 3.10. The van der Waals surface area contributed by atoms with E-state index in [0.717, 1.165) is 18.4 Å². The van der Waals surface area contributed by atoms with Crippen LogP contribution in [0.2, 0.25) is 0 Å². The van der Waals surface area contributed by atoms with Gasteiger partial charge in [-0.05, 0) is 50.2 Å². The molecule has 0 spiro atoms. The maximum Gasteiger partial charge on any atom is 0.307 e. The van der Waals surface area contributed by atoms with E-state index in [9.17, 15) is 30.0 Å². The number of aliphatic hydroxyl groups is 2. The van der Waals surface area contributed by atoms with E-state index >= 15 is 0 Å². The van der Waals surface area contributed by atoms with Crippen molar-refractivity contribution in [2.24, 2.45) is 17.8 Å². The number of carbonyl (C=O) groups is 2. The van der Waals surface area contributed by atoms with E-state index in [1.54, 1.807) is 0 Å². The smallest absolute Gasteiger partial charge is 0.307 e. The first-order chi connectivity index (χ1) is 15.8. The molecule has 1 heterocycles. The fraction of sp³-hybridized carbons (Fsp3) is 0.600. The Balaban J connectivity index is 1.74. The van der Waals surface area contributed by atoms with E-state index in [-0.39, 0.29) is 12.8 Å². The van der Waals surface area contributed by atoms with Gasteiger partial charge in [-0.1, -0.05) is 30.0 Å². The van der Waals surface area contributed by atoms with Crippen LogP contribution in [0.15, 0.2) is 30.3 Å². The molecule has 180 valence electrons. The van der Waals surface area contributed by atoms with Gasteiger partial charge in [0.25, 0.3) is 0 Å². The van der Waals surface area contributed by atoms with Crippen molar-refractivity contribution in [3.63, 3.8) is 0 Å². The van der Waals surface area contributed by atoms with Crippen molar-refractivity contribution in [3.05, 3.63) is 35.9 Å². The fourth-order valence-corrected chi connectivity index (χ4v) is 4.90. The molecular formula is C25H32O8. The van der Waals surface area contributed by atoms with Gasteiger partial charge in [-0.25, -0.2) is 0 Å². The Bertz CT molecular complexity index is 839. The number of rotatable bonds is 9. The Kier molecular flexibility index (Phi) is 9.27. The zero-order valence-corrected chi connectivity index (χ0v) is 18.5. The van der Waals surface area contributed by atoms with Gasteiger partial charge in [0, 0.05) is 24.5 Å². The van der Waals surface area contributed by atoms with Crippen LogP contribution < -0.4 is 0 Å². The number of carboxylic acids is 2. The predicted molar refractivity (Wildman–Crippen MR) is 118 cm³/mol. The van der Waals surface area contributed by atoms with Crippen LogP contribution in [0, 0.1) is 29.6 Å². The molecule has 0 amide bonds. The first-order valence-corrected chi connectivity index (χ1v) is 11.5. The van der Waals surface area contributed by atoms with Crippen LogP contribution in [0.25, 0.3) is 0 Å². The second kappa shape index (κ2) is 12.1. The molecule has 1 aliphatic heterocycles. The summed E-state index contributed by atoms with van der Waals surface area (Å²) in [5.41, 5.74) is 0.772. The first-order valence-electron chi connectivity index (χ1n) is 11.5. The Hall–Kier alpha value is -2.44. The topological polar surface area (TPSA) is 134 Å². The van der Waals surface area contributed by atoms with Crippen LogP contribution in [-0.2, 0) is 19.1 Å². The van der Waals surface area contributed by atoms with Gasteiger partial charge in [0.15, 0.2) is 6.29 Å². The molecule has 1 aromatic rings. The predicted octanol–water partition coefficient (Wildman–Crippen LogP) is 2.26. The minimum Gasteiger partial charge on any atom is -0.481 e. The monoisotopic (exact) mass is 460 g/mol. The molecule has 1 saturated heterocycles. The van der Waals surface area contributed by atoms with Gasteiger partial charge in [-0.3, -0.25) is 9.59 Å². The molecule has 0 bridgehead atoms. The molecule has 8 nitrogen and oxygen atoms in total. The number of hydrogen-bond donors (Lipinski definition) is 4. The highest BCUT2D eigenvalue weighted by atomic mass is 16.7. The molecule has 0 radical (unpaired) electrons. The van der Waals surface area contributed by atoms with E-state index in [1.807, 2.05) is 30.3 Å². The van der Waals surface area contributed by atoms with Crippen LogP contribution in [0.3, 0.4) is 0 Å². The van der Waals surface area contributed by atoms with Gasteiger partial charge in [0.1, 0.15) is 6.10 Å². The molecule has 7 unspecified atom stereocenters. The molecular weight excluding hydrogens is 428 g/mol. The summed E-state index contributed by atoms with van der Waals surface area (Å²) in [5, 5.41) is 40.1. The second-order valence-electron chi connectivity index (χ2n) is 8.79. The zero-order valence-electron chi connectivity index (χ0n) is 18.5. The minimum absolute atomic E-state index is 0.199. The summed E-state index contributed by atoms with van der Waals surface area (Å²) in [6.45, 7) is 0.582. The molecule has 1 aliphatic carbocycles. The Morgan fingerprint density at radius 1 is 1.18 bits per heavy atom. The second-order valence-corrected chi connectivity index (χ2v) is 8.79. The maximum absolute atomic E-state index is 11.9. The number of benzene rings is 1. The van der Waals surface area contributed by atoms with E-state index in [2.05, 4.69) is 11.8 Å². The summed E-state index contributed by atoms with van der Waals surface area (Å²) in [4.78, 5) is 23.2. The average molecular weight is 461 g/mol. The van der Waals surface area contributed by atoms with Crippen LogP contribution >= 0.6 is 0 Å². The number of hydrogen-bond acceptors (Lipinski definition) is 6. The van der Waals surface area contributed by atoms with Crippen molar-refractivity contribution >= 4 is 11.9 Å². The summed E-state index contributed by atoms with van der Waals surface area (Å²) in [7, 11) is 0. The third-order valence-electron chi connectivity index (χ3n) is 6.46. The molecule has 8 heteroatoms. The summed E-state index contributed by atoms with van der Waals surface area (Å²) in [6, 6.07) is 9.25. The van der Waals surface area contributed by atoms with E-state index in [0.29, 0.717) is 19.4 Å². The highest BCUT2D eigenvalue weighted by Gasteiger charge is 2.50. The highest BCUT2D eigenvalue weighted by molar-refractivity contribution is 5.78. The van der Waals surface area contributed by atoms with Crippen molar-refractivity contribution in [2.45, 2.75) is 69.5 Å². The molecule has 2 aliphatic rings. The third kappa shape index (κ3) is 7.27. The van der Waals surface area contributed by atoms with Crippen LogP contribution in [0.1, 0.15) is 50.5 Å². The minimum atomic E-state index is -1.26. The van der Waals surface area contributed by atoms with Crippen molar-refractivity contribution in [2.75, 3.05) is 6.61 Å². The molecule has 1 aromatic carbocycles. The number of ether oxygens (including phenoxy) is 2. The summed E-state index contributed by atoms with van der Waals surface area (Å²) >= 11 is 0. The summed E-state index contributed by atoms with van der Waals surface area (Å²) < 4.78 is 11.8. The van der Waals surface area contributed by atoms with Crippen LogP contribution in [-0.4, -0.2) is 63.6 Å². The van der Waals surface area contributed by atoms with Gasteiger partial charge in [-0.15, -0.1) is 0 Å². The van der Waals surface area contributed by atoms with Crippen LogP contribution in [0.4, 0.5) is 0 Å². The van der Waals surface area contributed by atoms with Crippen molar-refractivity contribution in [3.8, 4) is 11.8 Å². The lowest BCUT2D eigenvalue weighted by Crippen LogP contribution is -2.37. The number of aliphatic hydroxyl groups excluding tert-OH is 2. The van der Waals surface area contributed by atoms with E-state index in [4.69, 9.17) is 9.47 Å². The van der Waals surface area contributed by atoms with Crippen molar-refractivity contribution < 1.29 is 39.5 Å². The third-order valence-corrected chi connectivity index (χ3v) is 6.46. The Labute approximate surface area is 193 Å². The molecule has 0 aromatic heterocycles. The molecule has 33 heavy (non-hydrogen) atoms. The number of carboxylic acid groups (broad SMARTS) is 2. The SMILES string of the molecule is O=C(O)CC(C(=O)O)C1C(O)CC(OC2CCCCO2)C1CCC(O)C#Cc1ccccc1. The van der Waals surface area contributed by atoms with Gasteiger partial charge >= 0.3 is 11.9 Å². The van der Waals surface area contributed by atoms with Gasteiger partial charge in [0.05, 0.1) is 24.5 Å². The Morgan fingerprint density at radius 3 is 2.58 bits per heavy atom. The lowest BCUT2D eigenvalue weighted by atomic mass is 9.78. The lowest BCUT2D eigenvalue weighted by molar-refractivity contribution is -0.197. The summed E-state index contributed by atoms with van der Waals surface area (Å²) in [5.74, 6) is 0.712. The molecule has 1 saturated carbocycles. The quantitative estimate of drug-likeness (QED) is 0.413. The maximum atomic E-state index is 11.9. The largest absolute Gasteiger partial charge is 0.481 e. The first kappa shape index (κ1) is 25.2. The van der Waals surface area contributed by atoms with E-state index < -0.39 is 60.7 Å². The van der Waals surface area contributed by atoms with Crippen LogP contribution in [0.5, 0.6) is 0 Å². The van der Waals surface area contributed by atoms with Gasteiger partial charge in [-0.2, -0.15) is 0 Å². The molecule has 2 fully saturated rings. The van der Waals surface area contributed by atoms with Gasteiger partial charge < -0.3 is 29.9 Å². The molecule has 3 rings (SSSR count).